The van der Waals surface area contributed by atoms with E-state index < -0.39 is 5.54 Å². The lowest BCUT2D eigenvalue weighted by Gasteiger charge is -2.20. The van der Waals surface area contributed by atoms with E-state index in [0.29, 0.717) is 6.42 Å². The highest BCUT2D eigenvalue weighted by molar-refractivity contribution is 5.37. The van der Waals surface area contributed by atoms with E-state index in [1.165, 1.54) is 0 Å². The molecule has 96 valence electrons. The molecule has 1 heterocycles. The molecule has 1 aromatic heterocycles. The largest absolute Gasteiger partial charge is 0.396 e. The van der Waals surface area contributed by atoms with Gasteiger partial charge in [-0.05, 0) is 38.0 Å². The molecule has 0 atom stereocenters. The average molecular weight is 245 g/mol. The maximum atomic E-state index is 8.89. The molecule has 1 aromatic carbocycles. The smallest absolute Gasteiger partial charge is 0.0994 e. The van der Waals surface area contributed by atoms with E-state index >= 15 is 0 Å². The second-order valence-corrected chi connectivity index (χ2v) is 5.01. The average Bonchev–Trinajstić information content (AvgIpc) is 2.79. The SMILES string of the molecule is CC(C)(N)c1cncn1-c1ccc(CCO)cc1. The van der Waals surface area contributed by atoms with Crippen LogP contribution in [0.5, 0.6) is 0 Å². The van der Waals surface area contributed by atoms with Gasteiger partial charge in [0, 0.05) is 12.3 Å². The maximum Gasteiger partial charge on any atom is 0.0994 e. The molecule has 2 aromatic rings. The van der Waals surface area contributed by atoms with Crippen LogP contribution in [0.1, 0.15) is 25.1 Å². The van der Waals surface area contributed by atoms with Crippen LogP contribution in [0, 0.1) is 0 Å². The molecule has 0 amide bonds. The van der Waals surface area contributed by atoms with Crippen molar-refractivity contribution in [3.05, 3.63) is 48.0 Å². The van der Waals surface area contributed by atoms with Gasteiger partial charge >= 0.3 is 0 Å². The fourth-order valence-corrected chi connectivity index (χ4v) is 1.93. The minimum Gasteiger partial charge on any atom is -0.396 e. The van der Waals surface area contributed by atoms with Crippen LogP contribution in [0.3, 0.4) is 0 Å². The molecule has 0 saturated heterocycles. The Bertz CT molecular complexity index is 509. The van der Waals surface area contributed by atoms with Crippen molar-refractivity contribution in [3.63, 3.8) is 0 Å². The van der Waals surface area contributed by atoms with Crippen LogP contribution in [0.2, 0.25) is 0 Å². The van der Waals surface area contributed by atoms with Crippen molar-refractivity contribution in [1.29, 1.82) is 0 Å². The summed E-state index contributed by atoms with van der Waals surface area (Å²) in [7, 11) is 0. The van der Waals surface area contributed by atoms with E-state index in [1.807, 2.05) is 42.7 Å². The van der Waals surface area contributed by atoms with Crippen LogP contribution in [0.15, 0.2) is 36.8 Å². The summed E-state index contributed by atoms with van der Waals surface area (Å²) in [4.78, 5) is 4.17. The molecule has 0 aliphatic carbocycles. The highest BCUT2D eigenvalue weighted by atomic mass is 16.2. The molecular weight excluding hydrogens is 226 g/mol. The van der Waals surface area contributed by atoms with Crippen molar-refractivity contribution in [2.45, 2.75) is 25.8 Å². The third-order valence-corrected chi connectivity index (χ3v) is 2.91. The van der Waals surface area contributed by atoms with E-state index in [-0.39, 0.29) is 6.61 Å². The van der Waals surface area contributed by atoms with Crippen molar-refractivity contribution in [1.82, 2.24) is 9.55 Å². The molecule has 3 N–H and O–H groups in total. The normalized spacial score (nSPS) is 11.8. The third kappa shape index (κ3) is 2.60. The first kappa shape index (κ1) is 12.8. The number of hydrogen-bond donors (Lipinski definition) is 2. The Hall–Kier alpha value is -1.65. The molecule has 4 nitrogen and oxygen atoms in total. The van der Waals surface area contributed by atoms with Crippen LogP contribution in [-0.2, 0) is 12.0 Å². The van der Waals surface area contributed by atoms with Gasteiger partial charge in [0.1, 0.15) is 0 Å². The lowest BCUT2D eigenvalue weighted by atomic mass is 10.0. The number of benzene rings is 1. The number of nitrogens with two attached hydrogens (primary N) is 1. The van der Waals surface area contributed by atoms with Crippen molar-refractivity contribution in [3.8, 4) is 5.69 Å². The van der Waals surface area contributed by atoms with Gasteiger partial charge in [-0.3, -0.25) is 0 Å². The number of rotatable bonds is 4. The second kappa shape index (κ2) is 4.92. The Labute approximate surface area is 107 Å². The highest BCUT2D eigenvalue weighted by Gasteiger charge is 2.19. The predicted octanol–water partition coefficient (Wildman–Crippen LogP) is 1.60. The topological polar surface area (TPSA) is 64.1 Å². The Morgan fingerprint density at radius 2 is 1.94 bits per heavy atom. The number of hydrogen-bond acceptors (Lipinski definition) is 3. The van der Waals surface area contributed by atoms with Crippen molar-refractivity contribution >= 4 is 0 Å². The first-order valence-corrected chi connectivity index (χ1v) is 6.04. The number of imidazole rings is 1. The number of aliphatic hydroxyl groups is 1. The van der Waals surface area contributed by atoms with Gasteiger partial charge in [-0.25, -0.2) is 4.98 Å². The standard InChI is InChI=1S/C14H19N3O/c1-14(2,15)13-9-16-10-17(13)12-5-3-11(4-6-12)7-8-18/h3-6,9-10,18H,7-8,15H2,1-2H3. The van der Waals surface area contributed by atoms with Crippen molar-refractivity contribution < 1.29 is 5.11 Å². The zero-order valence-corrected chi connectivity index (χ0v) is 10.8. The fourth-order valence-electron chi connectivity index (χ4n) is 1.93. The molecule has 0 spiro atoms. The summed E-state index contributed by atoms with van der Waals surface area (Å²) >= 11 is 0. The molecule has 0 fully saturated rings. The first-order chi connectivity index (χ1) is 8.52. The highest BCUT2D eigenvalue weighted by Crippen LogP contribution is 2.20. The number of aliphatic hydroxyl groups excluding tert-OH is 1. The summed E-state index contributed by atoms with van der Waals surface area (Å²) in [6, 6.07) is 8.06. The van der Waals surface area contributed by atoms with Crippen LogP contribution >= 0.6 is 0 Å². The molecule has 2 rings (SSSR count). The molecule has 0 radical (unpaired) electrons. The van der Waals surface area contributed by atoms with E-state index in [9.17, 15) is 0 Å². The second-order valence-electron chi connectivity index (χ2n) is 5.01. The molecule has 0 aliphatic rings. The minimum atomic E-state index is -0.430. The van der Waals surface area contributed by atoms with Gasteiger partial charge in [0.2, 0.25) is 0 Å². The summed E-state index contributed by atoms with van der Waals surface area (Å²) in [6.45, 7) is 4.09. The van der Waals surface area contributed by atoms with Gasteiger partial charge < -0.3 is 15.4 Å². The van der Waals surface area contributed by atoms with E-state index in [2.05, 4.69) is 4.98 Å². The minimum absolute atomic E-state index is 0.172. The summed E-state index contributed by atoms with van der Waals surface area (Å²) in [5, 5.41) is 8.89. The van der Waals surface area contributed by atoms with Gasteiger partial charge in [0.05, 0.1) is 23.8 Å². The van der Waals surface area contributed by atoms with Crippen LogP contribution in [0.4, 0.5) is 0 Å². The maximum absolute atomic E-state index is 8.89. The Morgan fingerprint density at radius 3 is 2.50 bits per heavy atom. The Morgan fingerprint density at radius 1 is 1.28 bits per heavy atom. The molecule has 0 unspecified atom stereocenters. The summed E-state index contributed by atoms with van der Waals surface area (Å²) < 4.78 is 1.99. The zero-order chi connectivity index (χ0) is 13.2. The molecule has 0 aliphatic heterocycles. The van der Waals surface area contributed by atoms with Crippen molar-refractivity contribution in [2.75, 3.05) is 6.61 Å². The number of aromatic nitrogens is 2. The lowest BCUT2D eigenvalue weighted by molar-refractivity contribution is 0.299. The van der Waals surface area contributed by atoms with Gasteiger partial charge in [0.15, 0.2) is 0 Å². The van der Waals surface area contributed by atoms with Gasteiger partial charge in [-0.1, -0.05) is 12.1 Å². The fraction of sp³-hybridized carbons (Fsp3) is 0.357. The number of nitrogens with zero attached hydrogens (tertiary/aromatic N) is 2. The molecular formula is C14H19N3O. The Balaban J connectivity index is 2.35. The van der Waals surface area contributed by atoms with Crippen molar-refractivity contribution in [2.24, 2.45) is 5.73 Å². The van der Waals surface area contributed by atoms with E-state index in [0.717, 1.165) is 16.9 Å². The molecule has 0 bridgehead atoms. The zero-order valence-electron chi connectivity index (χ0n) is 10.8. The lowest BCUT2D eigenvalue weighted by Crippen LogP contribution is -2.31. The first-order valence-electron chi connectivity index (χ1n) is 6.04. The van der Waals surface area contributed by atoms with E-state index in [1.54, 1.807) is 12.5 Å². The van der Waals surface area contributed by atoms with Gasteiger partial charge in [-0.15, -0.1) is 0 Å². The Kier molecular flexibility index (Phi) is 3.50. The van der Waals surface area contributed by atoms with Gasteiger partial charge in [-0.2, -0.15) is 0 Å². The van der Waals surface area contributed by atoms with Crippen LogP contribution in [-0.4, -0.2) is 21.3 Å². The monoisotopic (exact) mass is 245 g/mol. The van der Waals surface area contributed by atoms with E-state index in [4.69, 9.17) is 10.8 Å². The molecule has 4 heteroatoms. The molecule has 18 heavy (non-hydrogen) atoms. The quantitative estimate of drug-likeness (QED) is 0.860. The summed E-state index contributed by atoms with van der Waals surface area (Å²) in [5.41, 5.74) is 8.81. The summed E-state index contributed by atoms with van der Waals surface area (Å²) in [6.07, 6.45) is 4.24. The third-order valence-electron chi connectivity index (χ3n) is 2.91. The van der Waals surface area contributed by atoms with Crippen LogP contribution < -0.4 is 5.73 Å². The van der Waals surface area contributed by atoms with Gasteiger partial charge in [0.25, 0.3) is 0 Å². The predicted molar refractivity (Wildman–Crippen MR) is 71.6 cm³/mol. The molecule has 0 saturated carbocycles. The summed E-state index contributed by atoms with van der Waals surface area (Å²) in [5.74, 6) is 0. The van der Waals surface area contributed by atoms with Crippen LogP contribution in [0.25, 0.3) is 5.69 Å².